The van der Waals surface area contributed by atoms with E-state index in [4.69, 9.17) is 14.2 Å². The number of ether oxygens (including phenoxy) is 3. The van der Waals surface area contributed by atoms with Crippen LogP contribution < -0.4 is 0 Å². The van der Waals surface area contributed by atoms with Crippen molar-refractivity contribution in [3.05, 3.63) is 47.0 Å². The van der Waals surface area contributed by atoms with E-state index in [9.17, 15) is 34.5 Å². The lowest BCUT2D eigenvalue weighted by atomic mass is 9.45. The van der Waals surface area contributed by atoms with Crippen molar-refractivity contribution in [3.63, 3.8) is 0 Å². The zero-order valence-electron chi connectivity index (χ0n) is 22.6. The molecule has 8 atom stereocenters. The van der Waals surface area contributed by atoms with Crippen molar-refractivity contribution in [1.82, 2.24) is 0 Å². The number of ketones is 2. The first-order valence-corrected chi connectivity index (χ1v) is 13.1. The smallest absolute Gasteiger partial charge is 0.338 e. The summed E-state index contributed by atoms with van der Waals surface area (Å²) in [6, 6.07) is 8.02. The van der Waals surface area contributed by atoms with Gasteiger partial charge in [-0.3, -0.25) is 14.4 Å². The number of hydrogen-bond donors (Lipinski definition) is 3. The van der Waals surface area contributed by atoms with Crippen LogP contribution in [-0.2, 0) is 28.6 Å². The molecule has 0 aromatic heterocycles. The Hall–Kier alpha value is -2.92. The second kappa shape index (κ2) is 8.79. The second-order valence-corrected chi connectivity index (χ2v) is 12.0. The molecule has 3 fully saturated rings. The summed E-state index contributed by atoms with van der Waals surface area (Å²) in [6.07, 6.45) is -5.74. The first-order chi connectivity index (χ1) is 18.1. The van der Waals surface area contributed by atoms with Crippen LogP contribution in [0.3, 0.4) is 0 Å². The Kier molecular flexibility index (Phi) is 6.23. The van der Waals surface area contributed by atoms with Crippen LogP contribution >= 0.6 is 0 Å². The van der Waals surface area contributed by atoms with Gasteiger partial charge in [-0.05, 0) is 31.6 Å². The standard InChI is InChI=1S/C29H34O10/c1-14-17(31)12-29(36)24(38-25(35)16-9-7-6-8-10-16)22-27(5,23(34)21(33)20(14)26(29,3)4)18(32)11-19-28(22,13-37-19)39-15(2)30/h6-10,17-19,22,24,31-32,36H,11-13H2,1-5H3/t17-,18?,19?,22?,24-,27+,28-,29+/m0/s1. The van der Waals surface area contributed by atoms with E-state index in [0.29, 0.717) is 0 Å². The number of aliphatic hydroxyl groups excluding tert-OH is 2. The molecule has 0 amide bonds. The Morgan fingerprint density at radius 1 is 1.08 bits per heavy atom. The maximum Gasteiger partial charge on any atom is 0.338 e. The van der Waals surface area contributed by atoms with Crippen LogP contribution in [0.2, 0.25) is 0 Å². The van der Waals surface area contributed by atoms with Crippen LogP contribution in [0.5, 0.6) is 0 Å². The number of fused-ring (bicyclic) bond motifs is 5. The highest BCUT2D eigenvalue weighted by Crippen LogP contribution is 2.63. The van der Waals surface area contributed by atoms with E-state index in [-0.39, 0.29) is 36.2 Å². The number of carbonyl (C=O) groups excluding carboxylic acids is 4. The fourth-order valence-electron chi connectivity index (χ4n) is 7.45. The number of benzene rings is 1. The van der Waals surface area contributed by atoms with Gasteiger partial charge in [0.1, 0.15) is 17.8 Å². The molecule has 0 radical (unpaired) electrons. The van der Waals surface area contributed by atoms with Crippen molar-refractivity contribution < 1.29 is 48.7 Å². The van der Waals surface area contributed by atoms with Gasteiger partial charge in [-0.2, -0.15) is 0 Å². The maximum atomic E-state index is 14.2. The van der Waals surface area contributed by atoms with Crippen LogP contribution in [0.25, 0.3) is 0 Å². The summed E-state index contributed by atoms with van der Waals surface area (Å²) in [5.41, 5.74) is -6.86. The SMILES string of the molecule is CC(=O)O[C@@]12COC1CC(O)[C@@]1(C)C(=O)C(=O)C3=C(C)[C@@H](O)C[C@@](O)([C@@H](OC(=O)c4ccccc4)C21)C3(C)C. The summed E-state index contributed by atoms with van der Waals surface area (Å²) in [5, 5.41) is 35.1. The van der Waals surface area contributed by atoms with E-state index in [1.807, 2.05) is 0 Å². The van der Waals surface area contributed by atoms with Crippen molar-refractivity contribution in [2.75, 3.05) is 6.61 Å². The predicted octanol–water partition coefficient (Wildman–Crippen LogP) is 1.29. The monoisotopic (exact) mass is 542 g/mol. The first-order valence-electron chi connectivity index (χ1n) is 13.1. The molecule has 5 rings (SSSR count). The van der Waals surface area contributed by atoms with Crippen molar-refractivity contribution >= 4 is 23.5 Å². The Bertz CT molecular complexity index is 1280. The summed E-state index contributed by atoms with van der Waals surface area (Å²) >= 11 is 0. The zero-order valence-corrected chi connectivity index (χ0v) is 22.6. The Balaban J connectivity index is 1.82. The van der Waals surface area contributed by atoms with Gasteiger partial charge >= 0.3 is 11.9 Å². The van der Waals surface area contributed by atoms with Gasteiger partial charge in [-0.25, -0.2) is 4.79 Å². The number of esters is 2. The van der Waals surface area contributed by atoms with E-state index >= 15 is 0 Å². The van der Waals surface area contributed by atoms with Crippen LogP contribution in [0.4, 0.5) is 0 Å². The molecule has 3 unspecified atom stereocenters. The lowest BCUT2D eigenvalue weighted by Gasteiger charge is -2.66. The molecule has 1 aromatic rings. The van der Waals surface area contributed by atoms with Gasteiger partial charge in [0.15, 0.2) is 5.60 Å². The predicted molar refractivity (Wildman–Crippen MR) is 134 cm³/mol. The Morgan fingerprint density at radius 3 is 2.28 bits per heavy atom. The lowest BCUT2D eigenvalue weighted by Crippen LogP contribution is -2.81. The summed E-state index contributed by atoms with van der Waals surface area (Å²) in [6.45, 7) is 7.00. The molecule has 2 saturated carbocycles. The van der Waals surface area contributed by atoms with Gasteiger partial charge in [0.25, 0.3) is 0 Å². The summed E-state index contributed by atoms with van der Waals surface area (Å²) < 4.78 is 17.6. The molecule has 0 spiro atoms. The highest BCUT2D eigenvalue weighted by Gasteiger charge is 2.78. The highest BCUT2D eigenvalue weighted by molar-refractivity contribution is 6.46. The average Bonchev–Trinajstić information content (AvgIpc) is 2.87. The fourth-order valence-corrected chi connectivity index (χ4v) is 7.45. The van der Waals surface area contributed by atoms with Gasteiger partial charge in [0.05, 0.1) is 35.7 Å². The highest BCUT2D eigenvalue weighted by atomic mass is 16.6. The lowest BCUT2D eigenvalue weighted by molar-refractivity contribution is -0.343. The third-order valence-corrected chi connectivity index (χ3v) is 9.74. The number of carbonyl (C=O) groups is 4. The van der Waals surface area contributed by atoms with Gasteiger partial charge in [0.2, 0.25) is 11.6 Å². The van der Waals surface area contributed by atoms with Gasteiger partial charge in [-0.1, -0.05) is 32.0 Å². The molecule has 2 bridgehead atoms. The maximum absolute atomic E-state index is 14.2. The van der Waals surface area contributed by atoms with E-state index in [1.165, 1.54) is 32.9 Å². The van der Waals surface area contributed by atoms with E-state index < -0.39 is 75.9 Å². The van der Waals surface area contributed by atoms with E-state index in [2.05, 4.69) is 0 Å². The summed E-state index contributed by atoms with van der Waals surface area (Å²) in [5.74, 6) is -4.86. The minimum absolute atomic E-state index is 0.0881. The largest absolute Gasteiger partial charge is 0.455 e. The molecule has 10 nitrogen and oxygen atoms in total. The molecule has 210 valence electrons. The molecule has 39 heavy (non-hydrogen) atoms. The van der Waals surface area contributed by atoms with Gasteiger partial charge in [0, 0.05) is 30.8 Å². The van der Waals surface area contributed by atoms with E-state index in [0.717, 1.165) is 0 Å². The van der Waals surface area contributed by atoms with Crippen LogP contribution in [0.15, 0.2) is 41.5 Å². The molecule has 10 heteroatoms. The Morgan fingerprint density at radius 2 is 1.72 bits per heavy atom. The second-order valence-electron chi connectivity index (χ2n) is 12.0. The van der Waals surface area contributed by atoms with Gasteiger partial charge < -0.3 is 29.5 Å². The van der Waals surface area contributed by atoms with Gasteiger partial charge in [-0.15, -0.1) is 0 Å². The first kappa shape index (κ1) is 27.6. The zero-order chi connectivity index (χ0) is 28.7. The van der Waals surface area contributed by atoms with Crippen LogP contribution in [0, 0.1) is 16.7 Å². The fraction of sp³-hybridized carbons (Fsp3) is 0.586. The molecular formula is C29H34O10. The molecule has 1 heterocycles. The quantitative estimate of drug-likeness (QED) is 0.376. The topological polar surface area (TPSA) is 157 Å². The van der Waals surface area contributed by atoms with Crippen molar-refractivity contribution in [2.24, 2.45) is 16.7 Å². The minimum atomic E-state index is -2.13. The molecule has 3 N–H and O–H groups in total. The molecule has 1 aliphatic heterocycles. The summed E-state index contributed by atoms with van der Waals surface area (Å²) in [7, 11) is 0. The third-order valence-electron chi connectivity index (χ3n) is 9.74. The van der Waals surface area contributed by atoms with Crippen molar-refractivity contribution in [3.8, 4) is 0 Å². The van der Waals surface area contributed by atoms with Crippen molar-refractivity contribution in [2.45, 2.75) is 83.1 Å². The third kappa shape index (κ3) is 3.54. The molecule has 4 aliphatic rings. The number of aliphatic hydroxyl groups is 3. The van der Waals surface area contributed by atoms with Crippen LogP contribution in [-0.4, -0.2) is 81.0 Å². The van der Waals surface area contributed by atoms with E-state index in [1.54, 1.807) is 32.0 Å². The molecule has 1 saturated heterocycles. The number of hydrogen-bond acceptors (Lipinski definition) is 10. The normalized spacial score (nSPS) is 40.9. The Labute approximate surface area is 225 Å². The van der Waals surface area contributed by atoms with Crippen LogP contribution in [0.1, 0.15) is 57.8 Å². The average molecular weight is 543 g/mol. The number of Topliss-reactive ketones (excluding diaryl/α,β-unsaturated/α-hetero) is 2. The number of rotatable bonds is 3. The minimum Gasteiger partial charge on any atom is -0.455 e. The molecule has 3 aliphatic carbocycles. The molecular weight excluding hydrogens is 508 g/mol. The summed E-state index contributed by atoms with van der Waals surface area (Å²) in [4.78, 5) is 54.1. The molecule has 1 aromatic carbocycles. The van der Waals surface area contributed by atoms with Crippen molar-refractivity contribution in [1.29, 1.82) is 0 Å².